The molecule has 0 aliphatic rings. The van der Waals surface area contributed by atoms with Crippen molar-refractivity contribution in [1.29, 1.82) is 0 Å². The van der Waals surface area contributed by atoms with E-state index in [1.807, 2.05) is 43.5 Å². The molecule has 12 heteroatoms. The fourth-order valence-electron chi connectivity index (χ4n) is 4.26. The molecule has 0 fully saturated rings. The summed E-state index contributed by atoms with van der Waals surface area (Å²) in [4.78, 5) is 21.4. The molecule has 206 valence electrons. The highest BCUT2D eigenvalue weighted by Crippen LogP contribution is 2.37. The Morgan fingerprint density at radius 1 is 1.12 bits per heavy atom. The van der Waals surface area contributed by atoms with Gasteiger partial charge in [0.1, 0.15) is 17.0 Å². The molecule has 0 spiro atoms. The molecule has 0 aliphatic heterocycles. The second-order valence-corrected chi connectivity index (χ2v) is 9.13. The number of nitrogens with two attached hydrogens (primary N) is 1. The Morgan fingerprint density at radius 3 is 2.55 bits per heavy atom. The molecule has 0 saturated heterocycles. The summed E-state index contributed by atoms with van der Waals surface area (Å²) < 4.78 is 52.8. The molecule has 3 aromatic heterocycles. The summed E-state index contributed by atoms with van der Waals surface area (Å²) in [7, 11) is 1.34. The van der Waals surface area contributed by atoms with Crippen LogP contribution in [0.15, 0.2) is 65.2 Å². The molecule has 1 amide bonds. The summed E-state index contributed by atoms with van der Waals surface area (Å²) in [6, 6.07) is 14.1. The number of carbonyl (C=O) groups excluding carboxylic acids is 1. The Morgan fingerprint density at radius 2 is 1.88 bits per heavy atom. The molecule has 40 heavy (non-hydrogen) atoms. The van der Waals surface area contributed by atoms with Gasteiger partial charge in [0.15, 0.2) is 11.5 Å². The number of aromatic nitrogens is 4. The zero-order valence-electron chi connectivity index (χ0n) is 21.8. The summed E-state index contributed by atoms with van der Waals surface area (Å²) in [6.07, 6.45) is -2.81. The summed E-state index contributed by atoms with van der Waals surface area (Å²) in [5.41, 5.74) is 7.73. The Balaban J connectivity index is 1.46. The Bertz CT molecular complexity index is 1690. The molecular weight excluding hydrogens is 525 g/mol. The van der Waals surface area contributed by atoms with Crippen molar-refractivity contribution in [2.75, 3.05) is 7.11 Å². The van der Waals surface area contributed by atoms with Crippen LogP contribution < -0.4 is 15.8 Å². The average Bonchev–Trinajstić information content (AvgIpc) is 3.55. The lowest BCUT2D eigenvalue weighted by atomic mass is 10.1. The molecule has 0 radical (unpaired) electrons. The lowest BCUT2D eigenvalue weighted by molar-refractivity contribution is -0.140. The van der Waals surface area contributed by atoms with Crippen LogP contribution in [0.3, 0.4) is 0 Å². The molecule has 1 atom stereocenters. The molecule has 2 aromatic carbocycles. The van der Waals surface area contributed by atoms with E-state index in [1.165, 1.54) is 19.2 Å². The van der Waals surface area contributed by atoms with E-state index in [-0.39, 0.29) is 35.2 Å². The zero-order valence-corrected chi connectivity index (χ0v) is 21.8. The van der Waals surface area contributed by atoms with Crippen molar-refractivity contribution in [3.63, 3.8) is 0 Å². The minimum Gasteiger partial charge on any atom is -0.494 e. The van der Waals surface area contributed by atoms with Crippen LogP contribution in [0.5, 0.6) is 5.75 Å². The van der Waals surface area contributed by atoms with Crippen molar-refractivity contribution in [3.8, 4) is 22.9 Å². The normalized spacial score (nSPS) is 12.5. The number of pyridine rings is 1. The van der Waals surface area contributed by atoms with Gasteiger partial charge in [0.25, 0.3) is 5.91 Å². The molecule has 5 rings (SSSR count). The topological polar surface area (TPSA) is 121 Å². The van der Waals surface area contributed by atoms with E-state index in [9.17, 15) is 18.0 Å². The van der Waals surface area contributed by atoms with Crippen molar-refractivity contribution in [1.82, 2.24) is 25.1 Å². The quantitative estimate of drug-likeness (QED) is 0.280. The number of carbonyl (C=O) groups is 1. The second kappa shape index (κ2) is 10.5. The van der Waals surface area contributed by atoms with E-state index >= 15 is 0 Å². The highest BCUT2D eigenvalue weighted by Gasteiger charge is 2.33. The van der Waals surface area contributed by atoms with Gasteiger partial charge in [-0.3, -0.25) is 4.79 Å². The van der Waals surface area contributed by atoms with Gasteiger partial charge in [0, 0.05) is 29.3 Å². The van der Waals surface area contributed by atoms with E-state index in [4.69, 9.17) is 14.9 Å². The number of methoxy groups -OCH3 is 1. The lowest BCUT2D eigenvalue weighted by Crippen LogP contribution is -2.25. The van der Waals surface area contributed by atoms with Crippen LogP contribution in [-0.4, -0.2) is 32.8 Å². The minimum absolute atomic E-state index is 0.0136. The number of hydrogen-bond acceptors (Lipinski definition) is 7. The number of para-hydroxylation sites is 1. The number of aryl methyl sites for hydroxylation is 1. The van der Waals surface area contributed by atoms with Crippen LogP contribution in [0.1, 0.15) is 46.2 Å². The monoisotopic (exact) mass is 550 g/mol. The number of benzene rings is 2. The minimum atomic E-state index is -4.64. The number of ether oxygens (including phenoxy) is 1. The van der Waals surface area contributed by atoms with Crippen LogP contribution >= 0.6 is 0 Å². The highest BCUT2D eigenvalue weighted by atomic mass is 19.4. The Labute approximate surface area is 226 Å². The number of amides is 1. The van der Waals surface area contributed by atoms with Crippen LogP contribution in [0.25, 0.3) is 28.0 Å². The van der Waals surface area contributed by atoms with E-state index in [1.54, 1.807) is 17.7 Å². The molecule has 3 heterocycles. The number of halogens is 3. The Hall–Kier alpha value is -4.71. The van der Waals surface area contributed by atoms with Crippen molar-refractivity contribution in [2.24, 2.45) is 5.73 Å². The van der Waals surface area contributed by atoms with Gasteiger partial charge in [-0.1, -0.05) is 18.2 Å². The maximum atomic E-state index is 13.3. The Kier molecular flexibility index (Phi) is 7.03. The summed E-state index contributed by atoms with van der Waals surface area (Å²) in [6.45, 7) is 3.65. The van der Waals surface area contributed by atoms with Gasteiger partial charge < -0.3 is 20.2 Å². The fourth-order valence-corrected chi connectivity index (χ4v) is 4.26. The largest absolute Gasteiger partial charge is 0.494 e. The van der Waals surface area contributed by atoms with Gasteiger partial charge in [-0.05, 0) is 50.2 Å². The van der Waals surface area contributed by atoms with Crippen molar-refractivity contribution >= 4 is 16.8 Å². The molecular formula is C28H25F3N6O3. The van der Waals surface area contributed by atoms with Gasteiger partial charge in [-0.15, -0.1) is 0 Å². The van der Waals surface area contributed by atoms with Gasteiger partial charge in [-0.2, -0.15) is 18.3 Å². The van der Waals surface area contributed by atoms with Crippen LogP contribution in [0.2, 0.25) is 0 Å². The third kappa shape index (κ3) is 5.13. The predicted octanol–water partition coefficient (Wildman–Crippen LogP) is 5.36. The van der Waals surface area contributed by atoms with Gasteiger partial charge >= 0.3 is 6.18 Å². The van der Waals surface area contributed by atoms with E-state index in [0.717, 1.165) is 23.0 Å². The molecule has 0 bridgehead atoms. The molecule has 0 aliphatic carbocycles. The molecule has 9 nitrogen and oxygen atoms in total. The smallest absolute Gasteiger partial charge is 0.433 e. The maximum Gasteiger partial charge on any atom is 0.433 e. The van der Waals surface area contributed by atoms with Crippen molar-refractivity contribution in [3.05, 3.63) is 89.2 Å². The molecule has 5 aromatic rings. The number of nitrogens with one attached hydrogen (secondary N) is 1. The number of fused-ring (bicyclic) bond motifs is 1. The second-order valence-electron chi connectivity index (χ2n) is 9.13. The first kappa shape index (κ1) is 26.9. The highest BCUT2D eigenvalue weighted by molar-refractivity contribution is 5.98. The SMILES string of the molecule is COc1ccc(-c2nc(C(=O)NCc3cn(-c4ccccc4)nc3C)c([C@H](C)N)o2)c2ccc(C(F)(F)F)nc12. The zero-order chi connectivity index (χ0) is 28.6. The number of rotatable bonds is 7. The van der Waals surface area contributed by atoms with Crippen molar-refractivity contribution < 1.29 is 27.1 Å². The first-order chi connectivity index (χ1) is 19.1. The third-order valence-electron chi connectivity index (χ3n) is 6.30. The lowest BCUT2D eigenvalue weighted by Gasteiger charge is -2.11. The summed E-state index contributed by atoms with van der Waals surface area (Å²) in [5.74, 6) is -0.231. The maximum absolute atomic E-state index is 13.3. The van der Waals surface area contributed by atoms with Crippen LogP contribution in [0, 0.1) is 6.92 Å². The van der Waals surface area contributed by atoms with Crippen LogP contribution in [-0.2, 0) is 12.7 Å². The standard InChI is InChI=1S/C28H25F3N6O3/c1-15(32)25-24(26(38)33-13-17-14-37(36-16(17)2)18-7-5-4-6-8-18)35-27(40-25)20-9-11-21(39-3)23-19(20)10-12-22(34-23)28(29,30)31/h4-12,14-15H,13,32H2,1-3H3,(H,33,38)/t15-/m0/s1. The fraction of sp³-hybridized carbons (Fsp3) is 0.214. The van der Waals surface area contributed by atoms with Crippen molar-refractivity contribution in [2.45, 2.75) is 32.6 Å². The molecule has 0 unspecified atom stereocenters. The molecule has 3 N–H and O–H groups in total. The number of nitrogens with zero attached hydrogens (tertiary/aromatic N) is 4. The van der Waals surface area contributed by atoms with E-state index in [0.29, 0.717) is 10.9 Å². The van der Waals surface area contributed by atoms with Gasteiger partial charge in [0.2, 0.25) is 5.89 Å². The predicted molar refractivity (Wildman–Crippen MR) is 141 cm³/mol. The number of oxazole rings is 1. The summed E-state index contributed by atoms with van der Waals surface area (Å²) >= 11 is 0. The average molecular weight is 551 g/mol. The van der Waals surface area contributed by atoms with E-state index < -0.39 is 23.8 Å². The first-order valence-electron chi connectivity index (χ1n) is 12.3. The van der Waals surface area contributed by atoms with Gasteiger partial charge in [0.05, 0.1) is 24.5 Å². The first-order valence-corrected chi connectivity index (χ1v) is 12.3. The molecule has 0 saturated carbocycles. The van der Waals surface area contributed by atoms with E-state index in [2.05, 4.69) is 20.4 Å². The number of hydrogen-bond donors (Lipinski definition) is 2. The summed E-state index contributed by atoms with van der Waals surface area (Å²) in [5, 5.41) is 7.65. The van der Waals surface area contributed by atoms with Gasteiger partial charge in [-0.25, -0.2) is 14.6 Å². The van der Waals surface area contributed by atoms with Crippen LogP contribution in [0.4, 0.5) is 13.2 Å². The number of alkyl halides is 3. The third-order valence-corrected chi connectivity index (χ3v) is 6.30.